The molecular weight excluding hydrogens is 294 g/mol. The minimum atomic E-state index is -0.629. The molecule has 1 heterocycles. The molecule has 0 aliphatic rings. The molecule has 0 spiro atoms. The van der Waals surface area contributed by atoms with Gasteiger partial charge in [0.25, 0.3) is 5.91 Å². The van der Waals surface area contributed by atoms with E-state index in [4.69, 9.17) is 9.84 Å². The predicted molar refractivity (Wildman–Crippen MR) is 88.2 cm³/mol. The Balaban J connectivity index is 2.13. The van der Waals surface area contributed by atoms with Gasteiger partial charge in [-0.1, -0.05) is 29.8 Å². The number of rotatable bonds is 7. The van der Waals surface area contributed by atoms with Crippen molar-refractivity contribution < 1.29 is 14.6 Å². The first kappa shape index (κ1) is 17.2. The Morgan fingerprint density at radius 3 is 2.70 bits per heavy atom. The summed E-state index contributed by atoms with van der Waals surface area (Å²) in [4.78, 5) is 12.4. The molecule has 0 aliphatic carbocycles. The van der Waals surface area contributed by atoms with Gasteiger partial charge in [0.05, 0.1) is 17.8 Å². The fourth-order valence-electron chi connectivity index (χ4n) is 2.39. The number of aromatic nitrogens is 2. The number of nitrogens with one attached hydrogen (secondary N) is 2. The molecule has 0 aliphatic heterocycles. The number of aliphatic hydroxyl groups excluding tert-OH is 1. The third-order valence-corrected chi connectivity index (χ3v) is 3.71. The van der Waals surface area contributed by atoms with Crippen molar-refractivity contribution in [3.05, 3.63) is 41.6 Å². The van der Waals surface area contributed by atoms with Crippen LogP contribution < -0.4 is 5.32 Å². The van der Waals surface area contributed by atoms with Gasteiger partial charge in [-0.25, -0.2) is 0 Å². The fraction of sp³-hybridized carbons (Fsp3) is 0.412. The van der Waals surface area contributed by atoms with Crippen LogP contribution in [-0.4, -0.2) is 47.1 Å². The zero-order valence-electron chi connectivity index (χ0n) is 13.7. The van der Waals surface area contributed by atoms with Crippen LogP contribution in [0.2, 0.25) is 0 Å². The lowest BCUT2D eigenvalue weighted by atomic mass is 9.99. The minimum absolute atomic E-state index is 0.0300. The van der Waals surface area contributed by atoms with Gasteiger partial charge < -0.3 is 15.2 Å². The van der Waals surface area contributed by atoms with Gasteiger partial charge in [0.1, 0.15) is 5.69 Å². The van der Waals surface area contributed by atoms with Crippen LogP contribution in [0.1, 0.15) is 29.4 Å². The number of H-pyrrole nitrogens is 1. The highest BCUT2D eigenvalue weighted by Crippen LogP contribution is 2.19. The molecule has 1 aromatic heterocycles. The maximum absolute atomic E-state index is 12.4. The molecule has 2 rings (SSSR count). The van der Waals surface area contributed by atoms with Crippen molar-refractivity contribution in [2.24, 2.45) is 0 Å². The molecule has 0 radical (unpaired) electrons. The molecule has 6 nitrogen and oxygen atoms in total. The van der Waals surface area contributed by atoms with Gasteiger partial charge in [-0.3, -0.25) is 9.89 Å². The van der Waals surface area contributed by atoms with Crippen LogP contribution in [0.3, 0.4) is 0 Å². The number of carbonyl (C=O) groups is 1. The average Bonchev–Trinajstić information content (AvgIpc) is 2.98. The van der Waals surface area contributed by atoms with Gasteiger partial charge in [0.2, 0.25) is 0 Å². The van der Waals surface area contributed by atoms with E-state index < -0.39 is 5.54 Å². The van der Waals surface area contributed by atoms with Crippen molar-refractivity contribution >= 4 is 5.91 Å². The predicted octanol–water partition coefficient (Wildman–Crippen LogP) is 1.90. The lowest BCUT2D eigenvalue weighted by Crippen LogP contribution is -2.50. The van der Waals surface area contributed by atoms with E-state index >= 15 is 0 Å². The zero-order valence-corrected chi connectivity index (χ0v) is 13.7. The number of carbonyl (C=O) groups excluding carboxylic acids is 1. The second kappa shape index (κ2) is 7.39. The molecule has 1 aromatic carbocycles. The summed E-state index contributed by atoms with van der Waals surface area (Å²) in [6, 6.07) is 9.65. The SMILES string of the molecule is COCC(C)(CCO)NC(=O)c1cc(-c2ccc(C)cc2)n[nH]1. The molecule has 0 saturated heterocycles. The molecule has 6 heteroatoms. The number of hydrogen-bond donors (Lipinski definition) is 3. The number of benzene rings is 1. The first-order valence-corrected chi connectivity index (χ1v) is 7.52. The van der Waals surface area contributed by atoms with Crippen LogP contribution in [-0.2, 0) is 4.74 Å². The van der Waals surface area contributed by atoms with Crippen LogP contribution in [0, 0.1) is 6.92 Å². The fourth-order valence-corrected chi connectivity index (χ4v) is 2.39. The summed E-state index contributed by atoms with van der Waals surface area (Å²) in [7, 11) is 1.56. The maximum Gasteiger partial charge on any atom is 0.269 e. The van der Waals surface area contributed by atoms with Gasteiger partial charge in [0.15, 0.2) is 0 Å². The van der Waals surface area contributed by atoms with Gasteiger partial charge in [-0.2, -0.15) is 5.10 Å². The van der Waals surface area contributed by atoms with Gasteiger partial charge in [0, 0.05) is 19.3 Å². The molecule has 124 valence electrons. The number of ether oxygens (including phenoxy) is 1. The van der Waals surface area contributed by atoms with Crippen LogP contribution in [0.4, 0.5) is 0 Å². The van der Waals surface area contributed by atoms with E-state index in [1.165, 1.54) is 5.56 Å². The van der Waals surface area contributed by atoms with Gasteiger partial charge >= 0.3 is 0 Å². The highest BCUT2D eigenvalue weighted by atomic mass is 16.5. The molecule has 23 heavy (non-hydrogen) atoms. The normalized spacial score (nSPS) is 13.6. The summed E-state index contributed by atoms with van der Waals surface area (Å²) in [5.41, 5.74) is 2.57. The standard InChI is InChI=1S/C17H23N3O3/c1-12-4-6-13(7-5-12)14-10-15(20-19-14)16(22)18-17(2,8-9-21)11-23-3/h4-7,10,21H,8-9,11H2,1-3H3,(H,18,22)(H,19,20). The third kappa shape index (κ3) is 4.40. The van der Waals surface area contributed by atoms with Crippen molar-refractivity contribution in [2.75, 3.05) is 20.3 Å². The van der Waals surface area contributed by atoms with Crippen molar-refractivity contribution in [1.82, 2.24) is 15.5 Å². The van der Waals surface area contributed by atoms with Gasteiger partial charge in [-0.05, 0) is 26.3 Å². The molecular formula is C17H23N3O3. The largest absolute Gasteiger partial charge is 0.396 e. The quantitative estimate of drug-likeness (QED) is 0.728. The summed E-state index contributed by atoms with van der Waals surface area (Å²) in [5, 5.41) is 19.0. The summed E-state index contributed by atoms with van der Waals surface area (Å²) < 4.78 is 5.13. The van der Waals surface area contributed by atoms with Crippen LogP contribution in [0.5, 0.6) is 0 Å². The summed E-state index contributed by atoms with van der Waals surface area (Å²) in [6.45, 7) is 4.14. The Morgan fingerprint density at radius 1 is 1.39 bits per heavy atom. The number of aliphatic hydroxyl groups is 1. The van der Waals surface area contributed by atoms with E-state index in [2.05, 4.69) is 15.5 Å². The maximum atomic E-state index is 12.4. The first-order chi connectivity index (χ1) is 11.0. The second-order valence-corrected chi connectivity index (χ2v) is 5.95. The van der Waals surface area contributed by atoms with Crippen molar-refractivity contribution in [3.8, 4) is 11.3 Å². The second-order valence-electron chi connectivity index (χ2n) is 5.95. The molecule has 0 fully saturated rings. The third-order valence-electron chi connectivity index (χ3n) is 3.71. The van der Waals surface area contributed by atoms with Crippen LogP contribution in [0.25, 0.3) is 11.3 Å². The Morgan fingerprint density at radius 2 is 2.09 bits per heavy atom. The molecule has 3 N–H and O–H groups in total. The lowest BCUT2D eigenvalue weighted by molar-refractivity contribution is 0.0721. The van der Waals surface area contributed by atoms with E-state index in [0.29, 0.717) is 24.4 Å². The number of nitrogens with zero attached hydrogens (tertiary/aromatic N) is 1. The molecule has 0 bridgehead atoms. The lowest BCUT2D eigenvalue weighted by Gasteiger charge is -2.29. The number of hydrogen-bond acceptors (Lipinski definition) is 4. The minimum Gasteiger partial charge on any atom is -0.396 e. The zero-order chi connectivity index (χ0) is 16.9. The van der Waals surface area contributed by atoms with Crippen molar-refractivity contribution in [2.45, 2.75) is 25.8 Å². The number of aryl methyl sites for hydroxylation is 1. The number of aromatic amines is 1. The van der Waals surface area contributed by atoms with E-state index in [1.54, 1.807) is 13.2 Å². The molecule has 2 aromatic rings. The van der Waals surface area contributed by atoms with E-state index in [0.717, 1.165) is 5.56 Å². The summed E-state index contributed by atoms with van der Waals surface area (Å²) in [5.74, 6) is -0.274. The number of amides is 1. The Bertz CT molecular complexity index is 643. The van der Waals surface area contributed by atoms with E-state index in [9.17, 15) is 4.79 Å². The number of methoxy groups -OCH3 is 1. The highest BCUT2D eigenvalue weighted by Gasteiger charge is 2.27. The Kier molecular flexibility index (Phi) is 5.52. The highest BCUT2D eigenvalue weighted by molar-refractivity contribution is 5.93. The van der Waals surface area contributed by atoms with Crippen molar-refractivity contribution in [3.63, 3.8) is 0 Å². The van der Waals surface area contributed by atoms with Crippen LogP contribution >= 0.6 is 0 Å². The van der Waals surface area contributed by atoms with E-state index in [1.807, 2.05) is 38.1 Å². The monoisotopic (exact) mass is 317 g/mol. The summed E-state index contributed by atoms with van der Waals surface area (Å²) >= 11 is 0. The molecule has 1 atom stereocenters. The topological polar surface area (TPSA) is 87.2 Å². The Hall–Kier alpha value is -2.18. The summed E-state index contributed by atoms with van der Waals surface area (Å²) in [6.07, 6.45) is 0.408. The molecule has 1 unspecified atom stereocenters. The molecule has 0 saturated carbocycles. The average molecular weight is 317 g/mol. The van der Waals surface area contributed by atoms with E-state index in [-0.39, 0.29) is 12.5 Å². The molecule has 1 amide bonds. The Labute approximate surface area is 135 Å². The smallest absolute Gasteiger partial charge is 0.269 e. The van der Waals surface area contributed by atoms with Crippen LogP contribution in [0.15, 0.2) is 30.3 Å². The van der Waals surface area contributed by atoms with Gasteiger partial charge in [-0.15, -0.1) is 0 Å². The van der Waals surface area contributed by atoms with Crippen molar-refractivity contribution in [1.29, 1.82) is 0 Å². The first-order valence-electron chi connectivity index (χ1n) is 7.52.